The topological polar surface area (TPSA) is 90.0 Å². The molecule has 0 bridgehead atoms. The Morgan fingerprint density at radius 3 is 2.46 bits per heavy atom. The highest BCUT2D eigenvalue weighted by atomic mass is 32.2. The Morgan fingerprint density at radius 2 is 1.93 bits per heavy atom. The van der Waals surface area contributed by atoms with Crippen LogP contribution in [0.4, 0.5) is 0 Å². The minimum atomic E-state index is -3.11. The van der Waals surface area contributed by atoms with Crippen molar-refractivity contribution in [2.24, 2.45) is 5.92 Å². The van der Waals surface area contributed by atoms with Gasteiger partial charge in [0.1, 0.15) is 5.75 Å². The monoisotopic (exact) mass is 409 g/mol. The molecule has 0 radical (unpaired) electrons. The third kappa shape index (κ3) is 6.67. The molecule has 1 aromatic rings. The summed E-state index contributed by atoms with van der Waals surface area (Å²) in [6, 6.07) is 6.77. The second-order valence-corrected chi connectivity index (χ2v) is 9.44. The molecule has 1 saturated heterocycles. The second-order valence-electron chi connectivity index (χ2n) is 7.21. The van der Waals surface area contributed by atoms with Crippen LogP contribution >= 0.6 is 0 Å². The number of nitrogens with zero attached hydrogens (tertiary/aromatic N) is 1. The molecule has 0 saturated carbocycles. The molecule has 2 rings (SSSR count). The van der Waals surface area contributed by atoms with Crippen molar-refractivity contribution in [3.8, 4) is 5.75 Å². The van der Waals surface area contributed by atoms with Crippen molar-refractivity contribution < 1.29 is 27.5 Å². The molecule has 1 amide bonds. The fourth-order valence-electron chi connectivity index (χ4n) is 3.01. The normalized spacial score (nSPS) is 18.4. The molecule has 0 aliphatic carbocycles. The van der Waals surface area contributed by atoms with Crippen molar-refractivity contribution in [1.29, 1.82) is 0 Å². The van der Waals surface area contributed by atoms with Gasteiger partial charge in [0.2, 0.25) is 0 Å². The number of methoxy groups -OCH3 is 1. The number of carbonyl (C=O) groups excluding carboxylic acids is 2. The van der Waals surface area contributed by atoms with Crippen LogP contribution in [0.5, 0.6) is 5.75 Å². The van der Waals surface area contributed by atoms with Crippen molar-refractivity contribution in [2.45, 2.75) is 26.3 Å². The van der Waals surface area contributed by atoms with Gasteiger partial charge in [0.15, 0.2) is 16.4 Å². The minimum Gasteiger partial charge on any atom is -0.497 e. The van der Waals surface area contributed by atoms with Gasteiger partial charge in [-0.05, 0) is 36.1 Å². The first kappa shape index (κ1) is 21.9. The van der Waals surface area contributed by atoms with Crippen molar-refractivity contribution in [3.63, 3.8) is 0 Å². The van der Waals surface area contributed by atoms with E-state index in [1.165, 1.54) is 11.0 Å². The number of amides is 1. The Kier molecular flexibility index (Phi) is 7.62. The van der Waals surface area contributed by atoms with E-state index in [-0.39, 0.29) is 29.4 Å². The standard InChI is InChI=1S/C20H27NO6S/c1-15(2)12-21(17-10-11-28(24,25)14-17)19(22)13-27-20(23)9-6-16-4-7-18(26-3)8-5-16/h4-9,15,17H,10-14H2,1-3H3/b9-6+/t17-/m0/s1. The fourth-order valence-corrected chi connectivity index (χ4v) is 4.74. The SMILES string of the molecule is COc1ccc(/C=C/C(=O)OCC(=O)N(CC(C)C)[C@H]2CCS(=O)(=O)C2)cc1. The highest BCUT2D eigenvalue weighted by Gasteiger charge is 2.35. The molecule has 154 valence electrons. The lowest BCUT2D eigenvalue weighted by Gasteiger charge is -2.29. The maximum atomic E-state index is 12.5. The lowest BCUT2D eigenvalue weighted by molar-refractivity contribution is -0.149. The summed E-state index contributed by atoms with van der Waals surface area (Å²) in [7, 11) is -1.53. The van der Waals surface area contributed by atoms with E-state index in [0.29, 0.717) is 18.7 Å². The number of hydrogen-bond acceptors (Lipinski definition) is 6. The van der Waals surface area contributed by atoms with Crippen LogP contribution in [-0.4, -0.2) is 63.0 Å². The number of rotatable bonds is 8. The Bertz CT molecular complexity index is 814. The maximum absolute atomic E-state index is 12.5. The number of carbonyl (C=O) groups is 2. The van der Waals surface area contributed by atoms with Gasteiger partial charge >= 0.3 is 5.97 Å². The molecule has 0 N–H and O–H groups in total. The van der Waals surface area contributed by atoms with Gasteiger partial charge < -0.3 is 14.4 Å². The van der Waals surface area contributed by atoms with Crippen LogP contribution in [0.25, 0.3) is 6.08 Å². The van der Waals surface area contributed by atoms with Crippen LogP contribution in [0.3, 0.4) is 0 Å². The second kappa shape index (κ2) is 9.73. The smallest absolute Gasteiger partial charge is 0.331 e. The zero-order valence-electron chi connectivity index (χ0n) is 16.5. The van der Waals surface area contributed by atoms with Crippen LogP contribution in [0.1, 0.15) is 25.8 Å². The zero-order chi connectivity index (χ0) is 20.7. The van der Waals surface area contributed by atoms with Gasteiger partial charge in [-0.1, -0.05) is 26.0 Å². The average molecular weight is 410 g/mol. The number of hydrogen-bond donors (Lipinski definition) is 0. The zero-order valence-corrected chi connectivity index (χ0v) is 17.3. The first-order chi connectivity index (χ1) is 13.2. The third-order valence-electron chi connectivity index (χ3n) is 4.40. The summed E-state index contributed by atoms with van der Waals surface area (Å²) in [6.45, 7) is 3.92. The molecule has 28 heavy (non-hydrogen) atoms. The first-order valence-corrected chi connectivity index (χ1v) is 11.0. The van der Waals surface area contributed by atoms with E-state index < -0.39 is 22.4 Å². The molecule has 1 aliphatic rings. The Balaban J connectivity index is 1.91. The minimum absolute atomic E-state index is 0.0310. The molecule has 1 atom stereocenters. The molecular weight excluding hydrogens is 382 g/mol. The Hall–Kier alpha value is -2.35. The summed E-state index contributed by atoms with van der Waals surface area (Å²) in [5.41, 5.74) is 0.793. The molecular formula is C20H27NO6S. The summed E-state index contributed by atoms with van der Waals surface area (Å²) in [5, 5.41) is 0. The van der Waals surface area contributed by atoms with Gasteiger partial charge in [-0.15, -0.1) is 0 Å². The average Bonchev–Trinajstić information content (AvgIpc) is 3.02. The number of esters is 1. The van der Waals surface area contributed by atoms with E-state index in [4.69, 9.17) is 9.47 Å². The quantitative estimate of drug-likeness (QED) is 0.481. The molecule has 1 fully saturated rings. The predicted octanol–water partition coefficient (Wildman–Crippen LogP) is 1.92. The predicted molar refractivity (Wildman–Crippen MR) is 107 cm³/mol. The summed E-state index contributed by atoms with van der Waals surface area (Å²) in [4.78, 5) is 26.0. The molecule has 1 aliphatic heterocycles. The highest BCUT2D eigenvalue weighted by molar-refractivity contribution is 7.91. The fraction of sp³-hybridized carbons (Fsp3) is 0.500. The van der Waals surface area contributed by atoms with Gasteiger partial charge in [-0.3, -0.25) is 4.79 Å². The van der Waals surface area contributed by atoms with Crippen molar-refractivity contribution in [2.75, 3.05) is 31.8 Å². The summed E-state index contributed by atoms with van der Waals surface area (Å²) >= 11 is 0. The third-order valence-corrected chi connectivity index (χ3v) is 6.15. The van der Waals surface area contributed by atoms with E-state index >= 15 is 0 Å². The number of sulfone groups is 1. The van der Waals surface area contributed by atoms with Gasteiger partial charge in [0.25, 0.3) is 5.91 Å². The van der Waals surface area contributed by atoms with Crippen molar-refractivity contribution in [3.05, 3.63) is 35.9 Å². The van der Waals surface area contributed by atoms with Gasteiger partial charge in [-0.2, -0.15) is 0 Å². The molecule has 0 unspecified atom stereocenters. The Morgan fingerprint density at radius 1 is 1.25 bits per heavy atom. The van der Waals surface area contributed by atoms with Crippen molar-refractivity contribution >= 4 is 27.8 Å². The van der Waals surface area contributed by atoms with Crippen LogP contribution in [0.15, 0.2) is 30.3 Å². The van der Waals surface area contributed by atoms with E-state index in [0.717, 1.165) is 5.56 Å². The molecule has 7 nitrogen and oxygen atoms in total. The molecule has 0 aromatic heterocycles. The molecule has 0 spiro atoms. The van der Waals surface area contributed by atoms with E-state index in [1.807, 2.05) is 13.8 Å². The lowest BCUT2D eigenvalue weighted by atomic mass is 10.1. The lowest BCUT2D eigenvalue weighted by Crippen LogP contribution is -2.45. The van der Waals surface area contributed by atoms with Crippen LogP contribution in [0.2, 0.25) is 0 Å². The Labute approximate surface area is 166 Å². The maximum Gasteiger partial charge on any atom is 0.331 e. The molecule has 1 aromatic carbocycles. The number of ether oxygens (including phenoxy) is 2. The molecule has 8 heteroatoms. The van der Waals surface area contributed by atoms with Gasteiger partial charge in [0, 0.05) is 18.7 Å². The van der Waals surface area contributed by atoms with Crippen molar-refractivity contribution in [1.82, 2.24) is 4.90 Å². The molecule has 1 heterocycles. The summed E-state index contributed by atoms with van der Waals surface area (Å²) in [6.07, 6.45) is 3.26. The van der Waals surface area contributed by atoms with E-state index in [1.54, 1.807) is 37.5 Å². The summed E-state index contributed by atoms with van der Waals surface area (Å²) < 4.78 is 33.6. The van der Waals surface area contributed by atoms with Gasteiger partial charge in [0.05, 0.1) is 18.6 Å². The van der Waals surface area contributed by atoms with Crippen LogP contribution < -0.4 is 4.74 Å². The summed E-state index contributed by atoms with van der Waals surface area (Å²) in [5.74, 6) is -0.0575. The largest absolute Gasteiger partial charge is 0.497 e. The van der Waals surface area contributed by atoms with Crippen LogP contribution in [-0.2, 0) is 24.2 Å². The van der Waals surface area contributed by atoms with E-state index in [2.05, 4.69) is 0 Å². The van der Waals surface area contributed by atoms with Crippen LogP contribution in [0, 0.1) is 5.92 Å². The highest BCUT2D eigenvalue weighted by Crippen LogP contribution is 2.19. The van der Waals surface area contributed by atoms with E-state index in [9.17, 15) is 18.0 Å². The van der Waals surface area contributed by atoms with Gasteiger partial charge in [-0.25, -0.2) is 13.2 Å². The number of benzene rings is 1. The first-order valence-electron chi connectivity index (χ1n) is 9.19.